The van der Waals surface area contributed by atoms with E-state index in [2.05, 4.69) is 5.32 Å². The van der Waals surface area contributed by atoms with Gasteiger partial charge in [0, 0.05) is 18.7 Å². The third-order valence-electron chi connectivity index (χ3n) is 3.04. The molecule has 1 aromatic rings. The van der Waals surface area contributed by atoms with Gasteiger partial charge in [0.25, 0.3) is 5.91 Å². The molecule has 1 aromatic carbocycles. The van der Waals surface area contributed by atoms with Crippen LogP contribution in [0.2, 0.25) is 0 Å². The molecule has 0 aliphatic rings. The highest BCUT2D eigenvalue weighted by Gasteiger charge is 2.27. The average molecular weight is 348 g/mol. The van der Waals surface area contributed by atoms with Gasteiger partial charge in [0.2, 0.25) is 15.7 Å². The highest BCUT2D eigenvalue weighted by Crippen LogP contribution is 2.19. The summed E-state index contributed by atoms with van der Waals surface area (Å²) < 4.78 is 47.5. The molecule has 0 fully saturated rings. The summed E-state index contributed by atoms with van der Waals surface area (Å²) in [4.78, 5) is 24.5. The number of halogens is 2. The average Bonchev–Trinajstić information content (AvgIpc) is 2.52. The van der Waals surface area contributed by atoms with Gasteiger partial charge in [0.1, 0.15) is 0 Å². The predicted molar refractivity (Wildman–Crippen MR) is 79.9 cm³/mol. The second-order valence-corrected chi connectivity index (χ2v) is 6.52. The minimum atomic E-state index is -4.69. The first-order valence-corrected chi connectivity index (χ1v) is 8.46. The summed E-state index contributed by atoms with van der Waals surface area (Å²) in [6.07, 6.45) is 0. The predicted octanol–water partition coefficient (Wildman–Crippen LogP) is 1.28. The lowest BCUT2D eigenvalue weighted by atomic mass is 10.2. The molecule has 0 saturated heterocycles. The van der Waals surface area contributed by atoms with Crippen molar-refractivity contribution in [2.45, 2.75) is 24.5 Å². The van der Waals surface area contributed by atoms with Crippen LogP contribution >= 0.6 is 0 Å². The van der Waals surface area contributed by atoms with E-state index in [1.54, 1.807) is 13.8 Å². The van der Waals surface area contributed by atoms with Crippen LogP contribution in [-0.4, -0.2) is 50.5 Å². The fraction of sp³-hybridized carbons (Fsp3) is 0.429. The van der Waals surface area contributed by atoms with E-state index in [-0.39, 0.29) is 24.6 Å². The molecule has 0 heterocycles. The van der Waals surface area contributed by atoms with E-state index >= 15 is 0 Å². The summed E-state index contributed by atoms with van der Waals surface area (Å²) in [5.74, 6) is -4.33. The topological polar surface area (TPSA) is 83.6 Å². The summed E-state index contributed by atoms with van der Waals surface area (Å²) in [6, 6.07) is 4.21. The third-order valence-corrected chi connectivity index (χ3v) is 4.44. The number of nitrogens with one attached hydrogen (secondary N) is 1. The Labute approximate surface area is 133 Å². The molecule has 0 radical (unpaired) electrons. The summed E-state index contributed by atoms with van der Waals surface area (Å²) in [5, 5.41) is 2.56. The lowest BCUT2D eigenvalue weighted by molar-refractivity contribution is -0.121. The van der Waals surface area contributed by atoms with E-state index in [0.29, 0.717) is 6.54 Å². The van der Waals surface area contributed by atoms with Gasteiger partial charge in [-0.25, -0.2) is 8.42 Å². The molecule has 0 unspecified atom stereocenters. The molecule has 1 N–H and O–H groups in total. The molecule has 0 aliphatic carbocycles. The van der Waals surface area contributed by atoms with Crippen LogP contribution in [0, 0.1) is 0 Å². The highest BCUT2D eigenvalue weighted by molar-refractivity contribution is 7.91. The Morgan fingerprint density at radius 1 is 1.17 bits per heavy atom. The molecule has 0 saturated carbocycles. The maximum absolute atomic E-state index is 12.4. The lowest BCUT2D eigenvalue weighted by Gasteiger charge is -2.20. The van der Waals surface area contributed by atoms with Crippen molar-refractivity contribution in [3.05, 3.63) is 29.8 Å². The van der Waals surface area contributed by atoms with Gasteiger partial charge in [0.05, 0.1) is 11.4 Å². The van der Waals surface area contributed by atoms with Gasteiger partial charge in [-0.05, 0) is 38.1 Å². The standard InChI is InChI=1S/C14H18F2N2O4S/c1-3-17-12(19)9-18(4-2)13(20)10-5-7-11(8-6-10)23(21,22)14(15)16/h5-8,14H,3-4,9H2,1-2H3,(H,17,19). The number of alkyl halides is 2. The molecule has 128 valence electrons. The van der Waals surface area contributed by atoms with Gasteiger partial charge in [-0.15, -0.1) is 0 Å². The molecule has 0 aliphatic heterocycles. The molecule has 0 spiro atoms. The number of carbonyl (C=O) groups is 2. The van der Waals surface area contributed by atoms with E-state index in [1.165, 1.54) is 4.90 Å². The zero-order valence-electron chi connectivity index (χ0n) is 12.8. The van der Waals surface area contributed by atoms with Crippen molar-refractivity contribution in [3.8, 4) is 0 Å². The van der Waals surface area contributed by atoms with E-state index in [9.17, 15) is 26.8 Å². The van der Waals surface area contributed by atoms with Crippen molar-refractivity contribution < 1.29 is 26.8 Å². The molecule has 0 atom stereocenters. The molecule has 9 heteroatoms. The van der Waals surface area contributed by atoms with Crippen LogP contribution in [-0.2, 0) is 14.6 Å². The zero-order valence-corrected chi connectivity index (χ0v) is 13.6. The molecular weight excluding hydrogens is 330 g/mol. The van der Waals surface area contributed by atoms with Gasteiger partial charge in [0.15, 0.2) is 0 Å². The summed E-state index contributed by atoms with van der Waals surface area (Å²) in [6.45, 7) is 4.00. The van der Waals surface area contributed by atoms with Gasteiger partial charge in [-0.3, -0.25) is 9.59 Å². The van der Waals surface area contributed by atoms with Crippen molar-refractivity contribution in [2.24, 2.45) is 0 Å². The fourth-order valence-corrected chi connectivity index (χ4v) is 2.55. The monoisotopic (exact) mass is 348 g/mol. The second kappa shape index (κ2) is 8.00. The maximum atomic E-state index is 12.4. The SMILES string of the molecule is CCNC(=O)CN(CC)C(=O)c1ccc(S(=O)(=O)C(F)F)cc1. The van der Waals surface area contributed by atoms with E-state index < -0.39 is 26.4 Å². The lowest BCUT2D eigenvalue weighted by Crippen LogP contribution is -2.40. The molecule has 0 aromatic heterocycles. The number of likely N-dealkylation sites (N-methyl/N-ethyl adjacent to an activating group) is 2. The molecule has 23 heavy (non-hydrogen) atoms. The largest absolute Gasteiger partial charge is 0.355 e. The zero-order chi connectivity index (χ0) is 17.6. The van der Waals surface area contributed by atoms with E-state index in [4.69, 9.17) is 0 Å². The van der Waals surface area contributed by atoms with Crippen LogP contribution in [0.5, 0.6) is 0 Å². The number of benzene rings is 1. The minimum Gasteiger partial charge on any atom is -0.355 e. The van der Waals surface area contributed by atoms with E-state index in [1.807, 2.05) is 0 Å². The van der Waals surface area contributed by atoms with Crippen molar-refractivity contribution >= 4 is 21.7 Å². The van der Waals surface area contributed by atoms with Gasteiger partial charge in [-0.2, -0.15) is 8.78 Å². The Bertz CT molecular complexity index is 660. The number of rotatable bonds is 7. The van der Waals surface area contributed by atoms with Gasteiger partial charge in [-0.1, -0.05) is 0 Å². The number of nitrogens with zero attached hydrogens (tertiary/aromatic N) is 1. The molecular formula is C14H18F2N2O4S. The van der Waals surface area contributed by atoms with Crippen molar-refractivity contribution in [2.75, 3.05) is 19.6 Å². The Morgan fingerprint density at radius 2 is 1.74 bits per heavy atom. The van der Waals surface area contributed by atoms with Crippen molar-refractivity contribution in [3.63, 3.8) is 0 Å². The Morgan fingerprint density at radius 3 is 2.17 bits per heavy atom. The number of hydrogen-bond donors (Lipinski definition) is 1. The van der Waals surface area contributed by atoms with Crippen molar-refractivity contribution in [1.29, 1.82) is 0 Å². The van der Waals surface area contributed by atoms with Crippen LogP contribution in [0.1, 0.15) is 24.2 Å². The van der Waals surface area contributed by atoms with Gasteiger partial charge < -0.3 is 10.2 Å². The second-order valence-electron chi connectivity index (χ2n) is 4.60. The van der Waals surface area contributed by atoms with Crippen LogP contribution in [0.3, 0.4) is 0 Å². The molecule has 0 bridgehead atoms. The normalized spacial score (nSPS) is 11.3. The fourth-order valence-electron chi connectivity index (χ4n) is 1.83. The first kappa shape index (κ1) is 19.0. The molecule has 2 amide bonds. The minimum absolute atomic E-state index is 0.115. The maximum Gasteiger partial charge on any atom is 0.341 e. The van der Waals surface area contributed by atoms with E-state index in [0.717, 1.165) is 24.3 Å². The summed E-state index contributed by atoms with van der Waals surface area (Å²) in [7, 11) is -4.69. The number of sulfone groups is 1. The summed E-state index contributed by atoms with van der Waals surface area (Å²) >= 11 is 0. The Hall–Kier alpha value is -2.03. The van der Waals surface area contributed by atoms with Crippen molar-refractivity contribution in [1.82, 2.24) is 10.2 Å². The molecule has 6 nitrogen and oxygen atoms in total. The number of carbonyl (C=O) groups excluding carboxylic acids is 2. The van der Waals surface area contributed by atoms with Crippen LogP contribution in [0.4, 0.5) is 8.78 Å². The van der Waals surface area contributed by atoms with Gasteiger partial charge >= 0.3 is 5.76 Å². The highest BCUT2D eigenvalue weighted by atomic mass is 32.2. The Kier molecular flexibility index (Phi) is 6.62. The third kappa shape index (κ3) is 4.72. The van der Waals surface area contributed by atoms with Crippen LogP contribution < -0.4 is 5.32 Å². The van der Waals surface area contributed by atoms with Crippen LogP contribution in [0.15, 0.2) is 29.2 Å². The first-order chi connectivity index (χ1) is 10.7. The summed E-state index contributed by atoms with van der Waals surface area (Å²) in [5.41, 5.74) is 0.115. The smallest absolute Gasteiger partial charge is 0.341 e. The van der Waals surface area contributed by atoms with Crippen LogP contribution in [0.25, 0.3) is 0 Å². The Balaban J connectivity index is 2.94. The number of hydrogen-bond acceptors (Lipinski definition) is 4. The molecule has 1 rings (SSSR count). The quantitative estimate of drug-likeness (QED) is 0.805. The first-order valence-electron chi connectivity index (χ1n) is 6.92. The number of amides is 2.